The van der Waals surface area contributed by atoms with E-state index >= 15 is 0 Å². The summed E-state index contributed by atoms with van der Waals surface area (Å²) in [7, 11) is 0. The number of alkyl halides is 3. The van der Waals surface area contributed by atoms with Crippen molar-refractivity contribution in [2.45, 2.75) is 6.18 Å². The van der Waals surface area contributed by atoms with Gasteiger partial charge in [-0.25, -0.2) is 18.7 Å². The molecule has 4 aromatic rings. The minimum absolute atomic E-state index is 0.0846. The van der Waals surface area contributed by atoms with E-state index in [0.29, 0.717) is 11.6 Å². The van der Waals surface area contributed by atoms with Gasteiger partial charge in [-0.05, 0) is 42.5 Å². The van der Waals surface area contributed by atoms with Gasteiger partial charge in [-0.3, -0.25) is 0 Å². The van der Waals surface area contributed by atoms with Crippen LogP contribution in [0.1, 0.15) is 5.56 Å². The molecule has 0 spiro atoms. The monoisotopic (exact) mass is 424 g/mol. The number of hydrogen-bond donors (Lipinski definition) is 2. The van der Waals surface area contributed by atoms with Gasteiger partial charge in [0.15, 0.2) is 5.82 Å². The van der Waals surface area contributed by atoms with Crippen molar-refractivity contribution in [2.75, 3.05) is 5.32 Å². The molecule has 4 rings (SSSR count). The summed E-state index contributed by atoms with van der Waals surface area (Å²) in [6.45, 7) is 0. The number of rotatable bonds is 3. The summed E-state index contributed by atoms with van der Waals surface area (Å²) in [6, 6.07) is 8.02. The van der Waals surface area contributed by atoms with Crippen molar-refractivity contribution >= 4 is 34.1 Å². The highest BCUT2D eigenvalue weighted by Crippen LogP contribution is 2.35. The average Bonchev–Trinajstić information content (AvgIpc) is 3.09. The highest BCUT2D eigenvalue weighted by atomic mass is 35.5. The quantitative estimate of drug-likeness (QED) is 0.378. The molecule has 10 heteroatoms. The molecule has 29 heavy (non-hydrogen) atoms. The third kappa shape index (κ3) is 3.73. The van der Waals surface area contributed by atoms with Crippen LogP contribution in [0.5, 0.6) is 0 Å². The molecule has 0 saturated carbocycles. The van der Waals surface area contributed by atoms with Gasteiger partial charge in [0.25, 0.3) is 0 Å². The maximum absolute atomic E-state index is 14.2. The van der Waals surface area contributed by atoms with Gasteiger partial charge in [0, 0.05) is 6.20 Å². The highest BCUT2D eigenvalue weighted by molar-refractivity contribution is 6.33. The van der Waals surface area contributed by atoms with Gasteiger partial charge in [-0.2, -0.15) is 13.2 Å². The van der Waals surface area contributed by atoms with Crippen LogP contribution < -0.4 is 5.32 Å². The molecule has 0 bridgehead atoms. The van der Waals surface area contributed by atoms with Crippen LogP contribution in [0.2, 0.25) is 5.02 Å². The molecule has 0 atom stereocenters. The summed E-state index contributed by atoms with van der Waals surface area (Å²) < 4.78 is 66.5. The average molecular weight is 425 g/mol. The molecule has 0 unspecified atom stereocenters. The molecule has 0 aliphatic carbocycles. The van der Waals surface area contributed by atoms with E-state index in [9.17, 15) is 22.0 Å². The first-order chi connectivity index (χ1) is 13.7. The van der Waals surface area contributed by atoms with Crippen molar-refractivity contribution in [2.24, 2.45) is 0 Å². The van der Waals surface area contributed by atoms with Gasteiger partial charge in [0.2, 0.25) is 0 Å². The summed E-state index contributed by atoms with van der Waals surface area (Å²) in [6.07, 6.45) is -3.25. The Morgan fingerprint density at radius 2 is 1.83 bits per heavy atom. The van der Waals surface area contributed by atoms with Crippen molar-refractivity contribution < 1.29 is 22.0 Å². The van der Waals surface area contributed by atoms with Crippen LogP contribution in [0.3, 0.4) is 0 Å². The lowest BCUT2D eigenvalue weighted by Crippen LogP contribution is -2.05. The summed E-state index contributed by atoms with van der Waals surface area (Å²) >= 11 is 6.05. The third-order valence-electron chi connectivity index (χ3n) is 4.11. The molecule has 0 saturated heterocycles. The van der Waals surface area contributed by atoms with E-state index in [1.165, 1.54) is 18.3 Å². The predicted octanol–water partition coefficient (Wildman–Crippen LogP) is 6.32. The van der Waals surface area contributed by atoms with Crippen LogP contribution in [-0.4, -0.2) is 15.0 Å². The fourth-order valence-electron chi connectivity index (χ4n) is 2.78. The molecule has 2 aromatic heterocycles. The van der Waals surface area contributed by atoms with Gasteiger partial charge in [0.05, 0.1) is 27.4 Å². The lowest BCUT2D eigenvalue weighted by atomic mass is 10.2. The number of anilines is 2. The van der Waals surface area contributed by atoms with Gasteiger partial charge < -0.3 is 10.3 Å². The Labute approximate surface area is 165 Å². The summed E-state index contributed by atoms with van der Waals surface area (Å²) in [5.41, 5.74) is -0.934. The van der Waals surface area contributed by atoms with Gasteiger partial charge in [-0.15, -0.1) is 0 Å². The number of imidazole rings is 1. The largest absolute Gasteiger partial charge is 0.416 e. The number of benzene rings is 2. The van der Waals surface area contributed by atoms with Gasteiger partial charge in [0.1, 0.15) is 23.0 Å². The van der Waals surface area contributed by atoms with Crippen molar-refractivity contribution in [1.29, 1.82) is 0 Å². The zero-order valence-electron chi connectivity index (χ0n) is 14.3. The Morgan fingerprint density at radius 3 is 2.59 bits per heavy atom. The van der Waals surface area contributed by atoms with Crippen molar-refractivity contribution in [1.82, 2.24) is 15.0 Å². The first-order valence-electron chi connectivity index (χ1n) is 8.16. The maximum Gasteiger partial charge on any atom is 0.416 e. The molecule has 0 radical (unpaired) electrons. The van der Waals surface area contributed by atoms with E-state index in [0.717, 1.165) is 12.1 Å². The Kier molecular flexibility index (Phi) is 4.62. The molecule has 0 amide bonds. The normalized spacial score (nSPS) is 11.8. The molecule has 0 aliphatic rings. The number of hydrogen-bond acceptors (Lipinski definition) is 3. The van der Waals surface area contributed by atoms with Crippen LogP contribution in [0, 0.1) is 11.6 Å². The van der Waals surface area contributed by atoms with Gasteiger partial charge >= 0.3 is 6.18 Å². The van der Waals surface area contributed by atoms with Crippen LogP contribution in [-0.2, 0) is 6.18 Å². The number of nitrogens with zero attached hydrogens (tertiary/aromatic N) is 2. The Morgan fingerprint density at radius 1 is 1.03 bits per heavy atom. The minimum atomic E-state index is -4.70. The van der Waals surface area contributed by atoms with E-state index in [1.807, 2.05) is 0 Å². The first-order valence-corrected chi connectivity index (χ1v) is 8.54. The number of H-pyrrole nitrogens is 1. The fourth-order valence-corrected chi connectivity index (χ4v) is 2.95. The molecular weight excluding hydrogens is 415 g/mol. The zero-order valence-corrected chi connectivity index (χ0v) is 15.0. The second kappa shape index (κ2) is 7.00. The van der Waals surface area contributed by atoms with Crippen molar-refractivity contribution in [3.8, 4) is 11.4 Å². The number of aromatic nitrogens is 3. The summed E-state index contributed by atoms with van der Waals surface area (Å²) in [5.74, 6) is -1.35. The lowest BCUT2D eigenvalue weighted by Gasteiger charge is -2.10. The van der Waals surface area contributed by atoms with E-state index in [2.05, 4.69) is 20.3 Å². The lowest BCUT2D eigenvalue weighted by molar-refractivity contribution is -0.137. The number of aromatic amines is 1. The van der Waals surface area contributed by atoms with Crippen LogP contribution in [0.15, 0.2) is 48.7 Å². The van der Waals surface area contributed by atoms with E-state index < -0.39 is 23.4 Å². The first kappa shape index (κ1) is 19.1. The number of nitrogens with one attached hydrogen (secondary N) is 2. The van der Waals surface area contributed by atoms with Crippen molar-refractivity contribution in [3.05, 3.63) is 70.9 Å². The second-order valence-corrected chi connectivity index (χ2v) is 6.49. The van der Waals surface area contributed by atoms with E-state index in [4.69, 9.17) is 11.6 Å². The SMILES string of the molecule is Fc1ccc(Cl)c(Nc2ncccc2-c2nc3c(F)cc(C(F)(F)F)cc3[nH]2)c1. The van der Waals surface area contributed by atoms with Gasteiger partial charge in [-0.1, -0.05) is 11.6 Å². The fraction of sp³-hybridized carbons (Fsp3) is 0.0526. The summed E-state index contributed by atoms with van der Waals surface area (Å²) in [4.78, 5) is 10.9. The molecule has 2 aromatic carbocycles. The number of halogens is 6. The Hall–Kier alpha value is -3.20. The zero-order chi connectivity index (χ0) is 20.8. The minimum Gasteiger partial charge on any atom is -0.338 e. The maximum atomic E-state index is 14.2. The van der Waals surface area contributed by atoms with E-state index in [1.54, 1.807) is 12.1 Å². The standard InChI is InChI=1S/C19H10ClF5N4/c20-12-4-3-10(21)8-14(12)27-17-11(2-1-5-26-17)18-28-15-7-9(19(23,24)25)6-13(22)16(15)29-18/h1-8H,(H,26,27)(H,28,29). The molecule has 2 N–H and O–H groups in total. The number of pyridine rings is 1. The molecule has 0 aliphatic heterocycles. The summed E-state index contributed by atoms with van der Waals surface area (Å²) in [5, 5.41) is 3.09. The van der Waals surface area contributed by atoms with Crippen LogP contribution >= 0.6 is 11.6 Å². The Bertz CT molecular complexity index is 1220. The van der Waals surface area contributed by atoms with Crippen molar-refractivity contribution in [3.63, 3.8) is 0 Å². The predicted molar refractivity (Wildman–Crippen MR) is 99.0 cm³/mol. The molecule has 4 nitrogen and oxygen atoms in total. The Balaban J connectivity index is 1.81. The second-order valence-electron chi connectivity index (χ2n) is 6.09. The van der Waals surface area contributed by atoms with Crippen LogP contribution in [0.4, 0.5) is 33.5 Å². The van der Waals surface area contributed by atoms with E-state index in [-0.39, 0.29) is 33.4 Å². The highest BCUT2D eigenvalue weighted by Gasteiger charge is 2.32. The molecular formula is C19H10ClF5N4. The topological polar surface area (TPSA) is 53.6 Å². The molecule has 0 fully saturated rings. The third-order valence-corrected chi connectivity index (χ3v) is 4.44. The van der Waals surface area contributed by atoms with Crippen LogP contribution in [0.25, 0.3) is 22.4 Å². The molecule has 2 heterocycles. The smallest absolute Gasteiger partial charge is 0.338 e. The number of fused-ring (bicyclic) bond motifs is 1. The molecule has 148 valence electrons.